The zero-order valence-electron chi connectivity index (χ0n) is 13.5. The van der Waals surface area contributed by atoms with E-state index in [2.05, 4.69) is 15.4 Å². The highest BCUT2D eigenvalue weighted by molar-refractivity contribution is 6.01. The molecule has 0 aliphatic heterocycles. The lowest BCUT2D eigenvalue weighted by Gasteiger charge is -2.02. The SMILES string of the molecule is O=C(C=Cc1ccc(F)cc1)Nc1ccn(CCc2ccncc2)n1. The van der Waals surface area contributed by atoms with Gasteiger partial charge in [-0.2, -0.15) is 5.10 Å². The van der Waals surface area contributed by atoms with E-state index in [1.54, 1.807) is 41.4 Å². The smallest absolute Gasteiger partial charge is 0.249 e. The average molecular weight is 336 g/mol. The molecular weight excluding hydrogens is 319 g/mol. The quantitative estimate of drug-likeness (QED) is 0.703. The first kappa shape index (κ1) is 16.6. The Morgan fingerprint density at radius 2 is 1.88 bits per heavy atom. The van der Waals surface area contributed by atoms with Crippen molar-refractivity contribution in [3.8, 4) is 0 Å². The summed E-state index contributed by atoms with van der Waals surface area (Å²) in [6, 6.07) is 11.6. The van der Waals surface area contributed by atoms with Crippen LogP contribution in [0.25, 0.3) is 6.08 Å². The minimum atomic E-state index is -0.307. The summed E-state index contributed by atoms with van der Waals surface area (Å²) in [5, 5.41) is 7.02. The normalized spacial score (nSPS) is 10.9. The molecule has 0 unspecified atom stereocenters. The molecule has 0 saturated heterocycles. The molecule has 2 aromatic heterocycles. The standard InChI is InChI=1S/C19H17FN4O/c20-17-4-1-15(2-5-17)3-6-19(25)22-18-10-14-24(23-18)13-9-16-7-11-21-12-8-16/h1-8,10-12,14H,9,13H2,(H,22,23,25). The monoisotopic (exact) mass is 336 g/mol. The predicted molar refractivity (Wildman–Crippen MR) is 94.2 cm³/mol. The summed E-state index contributed by atoms with van der Waals surface area (Å²) in [5.74, 6) is -0.105. The first-order valence-corrected chi connectivity index (χ1v) is 7.86. The largest absolute Gasteiger partial charge is 0.306 e. The number of carbonyl (C=O) groups is 1. The number of carbonyl (C=O) groups excluding carboxylic acids is 1. The fourth-order valence-electron chi connectivity index (χ4n) is 2.26. The van der Waals surface area contributed by atoms with E-state index in [0.29, 0.717) is 12.4 Å². The molecule has 0 saturated carbocycles. The van der Waals surface area contributed by atoms with E-state index in [9.17, 15) is 9.18 Å². The van der Waals surface area contributed by atoms with Gasteiger partial charge in [-0.25, -0.2) is 4.39 Å². The summed E-state index contributed by atoms with van der Waals surface area (Å²) in [6.45, 7) is 0.714. The number of rotatable bonds is 6. The van der Waals surface area contributed by atoms with Crippen molar-refractivity contribution in [1.82, 2.24) is 14.8 Å². The van der Waals surface area contributed by atoms with Crippen LogP contribution in [0.2, 0.25) is 0 Å². The Hall–Kier alpha value is -3.28. The Morgan fingerprint density at radius 1 is 1.12 bits per heavy atom. The van der Waals surface area contributed by atoms with Crippen LogP contribution in [-0.2, 0) is 17.8 Å². The molecule has 5 nitrogen and oxygen atoms in total. The van der Waals surface area contributed by atoms with Crippen molar-refractivity contribution in [1.29, 1.82) is 0 Å². The zero-order chi connectivity index (χ0) is 17.5. The van der Waals surface area contributed by atoms with Crippen LogP contribution in [-0.4, -0.2) is 20.7 Å². The van der Waals surface area contributed by atoms with Crippen molar-refractivity contribution in [2.24, 2.45) is 0 Å². The molecule has 2 heterocycles. The van der Waals surface area contributed by atoms with Crippen LogP contribution in [0.15, 0.2) is 67.1 Å². The van der Waals surface area contributed by atoms with Gasteiger partial charge in [0.2, 0.25) is 5.91 Å². The second-order valence-corrected chi connectivity index (χ2v) is 5.44. The number of hydrogen-bond donors (Lipinski definition) is 1. The first-order valence-electron chi connectivity index (χ1n) is 7.86. The molecule has 126 valence electrons. The molecule has 6 heteroatoms. The molecule has 0 spiro atoms. The number of aromatic nitrogens is 3. The maximum absolute atomic E-state index is 12.8. The molecule has 0 bridgehead atoms. The van der Waals surface area contributed by atoms with E-state index in [4.69, 9.17) is 0 Å². The lowest BCUT2D eigenvalue weighted by molar-refractivity contribution is -0.111. The van der Waals surface area contributed by atoms with Gasteiger partial charge in [0.1, 0.15) is 5.82 Å². The van der Waals surface area contributed by atoms with E-state index in [1.165, 1.54) is 23.8 Å². The fraction of sp³-hybridized carbons (Fsp3) is 0.105. The minimum absolute atomic E-state index is 0.288. The van der Waals surface area contributed by atoms with E-state index in [1.807, 2.05) is 18.3 Å². The van der Waals surface area contributed by atoms with Gasteiger partial charge in [-0.1, -0.05) is 12.1 Å². The van der Waals surface area contributed by atoms with Crippen molar-refractivity contribution in [2.45, 2.75) is 13.0 Å². The maximum atomic E-state index is 12.8. The fourth-order valence-corrected chi connectivity index (χ4v) is 2.26. The van der Waals surface area contributed by atoms with Crippen molar-refractivity contribution >= 4 is 17.8 Å². The van der Waals surface area contributed by atoms with Crippen molar-refractivity contribution in [2.75, 3.05) is 5.32 Å². The molecule has 1 N–H and O–H groups in total. The van der Waals surface area contributed by atoms with Crippen LogP contribution in [0.3, 0.4) is 0 Å². The minimum Gasteiger partial charge on any atom is -0.306 e. The number of anilines is 1. The van der Waals surface area contributed by atoms with Gasteiger partial charge in [-0.3, -0.25) is 14.5 Å². The predicted octanol–water partition coefficient (Wildman–Crippen LogP) is 3.31. The van der Waals surface area contributed by atoms with Crippen LogP contribution < -0.4 is 5.32 Å². The maximum Gasteiger partial charge on any atom is 0.249 e. The molecule has 0 radical (unpaired) electrons. The van der Waals surface area contributed by atoms with E-state index >= 15 is 0 Å². The van der Waals surface area contributed by atoms with E-state index < -0.39 is 0 Å². The molecule has 3 rings (SSSR count). The summed E-state index contributed by atoms with van der Waals surface area (Å²) in [6.07, 6.45) is 9.19. The molecule has 0 fully saturated rings. The van der Waals surface area contributed by atoms with Gasteiger partial charge < -0.3 is 5.32 Å². The molecule has 1 aromatic carbocycles. The molecule has 25 heavy (non-hydrogen) atoms. The van der Waals surface area contributed by atoms with Crippen molar-refractivity contribution in [3.05, 3.63) is 84.1 Å². The van der Waals surface area contributed by atoms with Gasteiger partial charge in [0, 0.05) is 37.3 Å². The van der Waals surface area contributed by atoms with Crippen molar-refractivity contribution < 1.29 is 9.18 Å². The molecular formula is C19H17FN4O. The third kappa shape index (κ3) is 5.10. The molecule has 3 aromatic rings. The number of pyridine rings is 1. The summed E-state index contributed by atoms with van der Waals surface area (Å²) < 4.78 is 14.6. The van der Waals surface area contributed by atoms with Crippen LogP contribution in [0.1, 0.15) is 11.1 Å². The Bertz CT molecular complexity index is 857. The second-order valence-electron chi connectivity index (χ2n) is 5.44. The summed E-state index contributed by atoms with van der Waals surface area (Å²) in [4.78, 5) is 15.9. The summed E-state index contributed by atoms with van der Waals surface area (Å²) in [5.41, 5.74) is 1.93. The van der Waals surface area contributed by atoms with Gasteiger partial charge in [0.05, 0.1) is 0 Å². The van der Waals surface area contributed by atoms with E-state index in [-0.39, 0.29) is 11.7 Å². The highest BCUT2D eigenvalue weighted by atomic mass is 19.1. The van der Waals surface area contributed by atoms with Crippen LogP contribution in [0.4, 0.5) is 10.2 Å². The molecule has 0 aliphatic carbocycles. The third-order valence-corrected chi connectivity index (χ3v) is 3.57. The summed E-state index contributed by atoms with van der Waals surface area (Å²) in [7, 11) is 0. The third-order valence-electron chi connectivity index (χ3n) is 3.57. The van der Waals surface area contributed by atoms with Gasteiger partial charge in [-0.15, -0.1) is 0 Å². The molecule has 1 amide bonds. The lowest BCUT2D eigenvalue weighted by Crippen LogP contribution is -2.09. The average Bonchev–Trinajstić information content (AvgIpc) is 3.08. The van der Waals surface area contributed by atoms with Crippen LogP contribution >= 0.6 is 0 Å². The number of halogens is 1. The Kier molecular flexibility index (Phi) is 5.31. The Labute approximate surface area is 144 Å². The highest BCUT2D eigenvalue weighted by Crippen LogP contribution is 2.07. The van der Waals surface area contributed by atoms with E-state index in [0.717, 1.165) is 12.0 Å². The number of hydrogen-bond acceptors (Lipinski definition) is 3. The first-order chi connectivity index (χ1) is 12.2. The Morgan fingerprint density at radius 3 is 2.64 bits per heavy atom. The van der Waals surface area contributed by atoms with Gasteiger partial charge in [-0.05, 0) is 47.9 Å². The number of nitrogens with one attached hydrogen (secondary N) is 1. The lowest BCUT2D eigenvalue weighted by atomic mass is 10.2. The molecule has 0 aliphatic rings. The zero-order valence-corrected chi connectivity index (χ0v) is 13.5. The summed E-state index contributed by atoms with van der Waals surface area (Å²) >= 11 is 0. The van der Waals surface area contributed by atoms with Crippen molar-refractivity contribution in [3.63, 3.8) is 0 Å². The molecule has 0 atom stereocenters. The van der Waals surface area contributed by atoms with Crippen LogP contribution in [0.5, 0.6) is 0 Å². The number of benzene rings is 1. The topological polar surface area (TPSA) is 59.8 Å². The highest BCUT2D eigenvalue weighted by Gasteiger charge is 2.02. The van der Waals surface area contributed by atoms with Gasteiger partial charge in [0.15, 0.2) is 5.82 Å². The van der Waals surface area contributed by atoms with Crippen LogP contribution in [0, 0.1) is 5.82 Å². The Balaban J connectivity index is 1.52. The number of amides is 1. The number of aryl methyl sites for hydroxylation is 2. The van der Waals surface area contributed by atoms with Gasteiger partial charge >= 0.3 is 0 Å². The van der Waals surface area contributed by atoms with Gasteiger partial charge in [0.25, 0.3) is 0 Å². The second kappa shape index (κ2) is 8.01. The number of nitrogens with zero attached hydrogens (tertiary/aromatic N) is 3.